The average molecular weight is 406 g/mol. The van der Waals surface area contributed by atoms with Crippen molar-refractivity contribution in [2.24, 2.45) is 5.92 Å². The zero-order valence-electron chi connectivity index (χ0n) is 16.3. The largest absolute Gasteiger partial charge is 0.480 e. The number of benzene rings is 2. The molecule has 1 aliphatic heterocycles. The number of piperidine rings is 1. The lowest BCUT2D eigenvalue weighted by Gasteiger charge is -2.38. The summed E-state index contributed by atoms with van der Waals surface area (Å²) in [7, 11) is 0. The van der Waals surface area contributed by atoms with Crippen molar-refractivity contribution in [3.63, 3.8) is 0 Å². The number of aliphatic carboxylic acids is 1. The molecule has 2 N–H and O–H groups in total. The van der Waals surface area contributed by atoms with E-state index in [1.54, 1.807) is 4.90 Å². The predicted octanol–water partition coefficient (Wildman–Crippen LogP) is 2.00. The molecule has 1 spiro atoms. The SMILES string of the molecule is O=C(O)CNC(=O)C1C(=O)CC2(CC2)N(Cc2ccc(-c3ccccc3)cc2)C1=O. The highest BCUT2D eigenvalue weighted by Gasteiger charge is 2.58. The maximum absolute atomic E-state index is 13.1. The first-order chi connectivity index (χ1) is 14.4. The lowest BCUT2D eigenvalue weighted by Crippen LogP contribution is -2.57. The van der Waals surface area contributed by atoms with E-state index in [9.17, 15) is 19.2 Å². The number of carboxylic acids is 1. The second kappa shape index (κ2) is 7.74. The Morgan fingerprint density at radius 1 is 1.00 bits per heavy atom. The third kappa shape index (κ3) is 3.83. The molecule has 154 valence electrons. The predicted molar refractivity (Wildman–Crippen MR) is 108 cm³/mol. The number of Topliss-reactive ketones (excluding diaryl/α,β-unsaturated/α-hetero) is 1. The summed E-state index contributed by atoms with van der Waals surface area (Å²) in [6.45, 7) is -0.314. The van der Waals surface area contributed by atoms with Crippen LogP contribution in [0.4, 0.5) is 0 Å². The molecule has 2 amide bonds. The van der Waals surface area contributed by atoms with Gasteiger partial charge in [-0.1, -0.05) is 54.6 Å². The maximum atomic E-state index is 13.1. The fourth-order valence-corrected chi connectivity index (χ4v) is 4.02. The number of ketones is 1. The number of hydrogen-bond acceptors (Lipinski definition) is 4. The quantitative estimate of drug-likeness (QED) is 0.714. The second-order valence-corrected chi connectivity index (χ2v) is 7.90. The highest BCUT2D eigenvalue weighted by molar-refractivity contribution is 6.20. The fourth-order valence-electron chi connectivity index (χ4n) is 4.02. The number of likely N-dealkylation sites (tertiary alicyclic amines) is 1. The molecule has 2 aliphatic rings. The van der Waals surface area contributed by atoms with Crippen molar-refractivity contribution < 1.29 is 24.3 Å². The Labute approximate surface area is 173 Å². The summed E-state index contributed by atoms with van der Waals surface area (Å²) >= 11 is 0. The van der Waals surface area contributed by atoms with E-state index in [-0.39, 0.29) is 6.42 Å². The minimum absolute atomic E-state index is 0.131. The lowest BCUT2D eigenvalue weighted by molar-refractivity contribution is -0.156. The molecule has 1 saturated carbocycles. The Morgan fingerprint density at radius 2 is 1.63 bits per heavy atom. The van der Waals surface area contributed by atoms with E-state index in [0.29, 0.717) is 6.54 Å². The van der Waals surface area contributed by atoms with Crippen molar-refractivity contribution in [1.82, 2.24) is 10.2 Å². The van der Waals surface area contributed by atoms with E-state index in [2.05, 4.69) is 5.32 Å². The van der Waals surface area contributed by atoms with Gasteiger partial charge in [0.15, 0.2) is 11.7 Å². The monoisotopic (exact) mass is 406 g/mol. The number of carboxylic acid groups (broad SMARTS) is 1. The molecule has 1 unspecified atom stereocenters. The molecule has 7 heteroatoms. The van der Waals surface area contributed by atoms with E-state index < -0.39 is 41.6 Å². The molecule has 0 radical (unpaired) electrons. The molecule has 1 heterocycles. The Bertz CT molecular complexity index is 996. The first-order valence-corrected chi connectivity index (χ1v) is 9.88. The zero-order chi connectivity index (χ0) is 21.3. The van der Waals surface area contributed by atoms with Crippen molar-refractivity contribution in [2.45, 2.75) is 31.3 Å². The highest BCUT2D eigenvalue weighted by Crippen LogP contribution is 2.49. The van der Waals surface area contributed by atoms with Gasteiger partial charge in [-0.2, -0.15) is 0 Å². The van der Waals surface area contributed by atoms with Gasteiger partial charge >= 0.3 is 5.97 Å². The summed E-state index contributed by atoms with van der Waals surface area (Å²) in [5, 5.41) is 10.9. The average Bonchev–Trinajstić information content (AvgIpc) is 3.50. The number of nitrogens with one attached hydrogen (secondary N) is 1. The van der Waals surface area contributed by atoms with Crippen molar-refractivity contribution >= 4 is 23.6 Å². The van der Waals surface area contributed by atoms with Crippen LogP contribution in [0.3, 0.4) is 0 Å². The van der Waals surface area contributed by atoms with Crippen LogP contribution in [0, 0.1) is 5.92 Å². The zero-order valence-corrected chi connectivity index (χ0v) is 16.3. The first-order valence-electron chi connectivity index (χ1n) is 9.88. The van der Waals surface area contributed by atoms with E-state index in [0.717, 1.165) is 29.5 Å². The van der Waals surface area contributed by atoms with Crippen molar-refractivity contribution in [1.29, 1.82) is 0 Å². The second-order valence-electron chi connectivity index (χ2n) is 7.90. The lowest BCUT2D eigenvalue weighted by atomic mass is 9.87. The van der Waals surface area contributed by atoms with Gasteiger partial charge in [-0.15, -0.1) is 0 Å². The van der Waals surface area contributed by atoms with Crippen LogP contribution in [0.25, 0.3) is 11.1 Å². The molecule has 1 saturated heterocycles. The van der Waals surface area contributed by atoms with Crippen LogP contribution in [-0.4, -0.2) is 45.7 Å². The topological polar surface area (TPSA) is 104 Å². The van der Waals surface area contributed by atoms with E-state index in [1.165, 1.54) is 0 Å². The normalized spacial score (nSPS) is 19.6. The molecule has 1 aliphatic carbocycles. The van der Waals surface area contributed by atoms with Crippen molar-refractivity contribution in [3.8, 4) is 11.1 Å². The summed E-state index contributed by atoms with van der Waals surface area (Å²) < 4.78 is 0. The molecular formula is C23H22N2O5. The van der Waals surface area contributed by atoms with Gasteiger partial charge in [-0.25, -0.2) is 0 Å². The molecule has 2 aromatic carbocycles. The number of amides is 2. The van der Waals surface area contributed by atoms with Gasteiger partial charge < -0.3 is 15.3 Å². The van der Waals surface area contributed by atoms with E-state index >= 15 is 0 Å². The van der Waals surface area contributed by atoms with Crippen LogP contribution < -0.4 is 5.32 Å². The Hall–Kier alpha value is -3.48. The van der Waals surface area contributed by atoms with E-state index in [1.807, 2.05) is 54.6 Å². The summed E-state index contributed by atoms with van der Waals surface area (Å²) in [4.78, 5) is 50.2. The van der Waals surface area contributed by atoms with Gasteiger partial charge in [-0.05, 0) is 29.5 Å². The third-order valence-corrected chi connectivity index (χ3v) is 5.82. The first kappa shape index (κ1) is 19.8. The van der Waals surface area contributed by atoms with E-state index in [4.69, 9.17) is 5.11 Å². The van der Waals surface area contributed by atoms with Gasteiger partial charge in [0.05, 0.1) is 5.54 Å². The number of carbonyl (C=O) groups excluding carboxylic acids is 3. The number of nitrogens with zero attached hydrogens (tertiary/aromatic N) is 1. The molecule has 1 atom stereocenters. The fraction of sp³-hybridized carbons (Fsp3) is 0.304. The van der Waals surface area contributed by atoms with Gasteiger partial charge in [0.1, 0.15) is 6.54 Å². The Kier molecular flexibility index (Phi) is 5.11. The minimum atomic E-state index is -1.47. The maximum Gasteiger partial charge on any atom is 0.322 e. The van der Waals surface area contributed by atoms with Crippen LogP contribution in [0.1, 0.15) is 24.8 Å². The summed E-state index contributed by atoms with van der Waals surface area (Å²) in [5.41, 5.74) is 2.56. The summed E-state index contributed by atoms with van der Waals surface area (Å²) in [6.07, 6.45) is 1.60. The molecule has 2 fully saturated rings. The molecule has 0 aromatic heterocycles. The molecule has 7 nitrogen and oxygen atoms in total. The molecule has 4 rings (SSSR count). The third-order valence-electron chi connectivity index (χ3n) is 5.82. The van der Waals surface area contributed by atoms with Crippen molar-refractivity contribution in [3.05, 3.63) is 60.2 Å². The highest BCUT2D eigenvalue weighted by atomic mass is 16.4. The van der Waals surface area contributed by atoms with Gasteiger partial charge in [0.25, 0.3) is 0 Å². The summed E-state index contributed by atoms with van der Waals surface area (Å²) in [5.74, 6) is -4.52. The van der Waals surface area contributed by atoms with Crippen LogP contribution >= 0.6 is 0 Å². The number of carbonyl (C=O) groups is 4. The van der Waals surface area contributed by atoms with Gasteiger partial charge in [0, 0.05) is 13.0 Å². The van der Waals surface area contributed by atoms with Gasteiger partial charge in [-0.3, -0.25) is 19.2 Å². The van der Waals surface area contributed by atoms with Crippen LogP contribution in [0.15, 0.2) is 54.6 Å². The summed E-state index contributed by atoms with van der Waals surface area (Å²) in [6, 6.07) is 17.8. The minimum Gasteiger partial charge on any atom is -0.480 e. The van der Waals surface area contributed by atoms with Crippen molar-refractivity contribution in [2.75, 3.05) is 6.54 Å². The standard InChI is InChI=1S/C23H22N2O5/c26-18-12-23(10-11-23)25(22(30)20(18)21(29)24-13-19(27)28)14-15-6-8-17(9-7-15)16-4-2-1-3-5-16/h1-9,20H,10-14H2,(H,24,29)(H,27,28). The van der Waals surface area contributed by atoms with Crippen LogP contribution in [-0.2, 0) is 25.7 Å². The molecular weight excluding hydrogens is 384 g/mol. The van der Waals surface area contributed by atoms with Gasteiger partial charge in [0.2, 0.25) is 11.8 Å². The molecule has 0 bridgehead atoms. The van der Waals surface area contributed by atoms with Crippen LogP contribution in [0.5, 0.6) is 0 Å². The Morgan fingerprint density at radius 3 is 2.23 bits per heavy atom. The number of rotatable bonds is 6. The molecule has 30 heavy (non-hydrogen) atoms. The molecule has 2 aromatic rings. The Balaban J connectivity index is 1.52. The smallest absolute Gasteiger partial charge is 0.322 e. The van der Waals surface area contributed by atoms with Crippen LogP contribution in [0.2, 0.25) is 0 Å². The number of hydrogen-bond donors (Lipinski definition) is 2.